The number of halogens is 1. The predicted octanol–water partition coefficient (Wildman–Crippen LogP) is 5.63. The van der Waals surface area contributed by atoms with Crippen LogP contribution in [0.1, 0.15) is 104 Å². The number of aryl methyl sites for hydroxylation is 1. The molecule has 3 atom stereocenters. The normalized spacial score (nSPS) is 23.7. The van der Waals surface area contributed by atoms with Crippen LogP contribution < -0.4 is 10.2 Å². The third-order valence-corrected chi connectivity index (χ3v) is 14.0. The third-order valence-electron chi connectivity index (χ3n) is 14.0. The Balaban J connectivity index is 0.764. The first-order valence-electron chi connectivity index (χ1n) is 20.8. The van der Waals surface area contributed by atoms with Crippen molar-refractivity contribution in [3.05, 3.63) is 129 Å². The molecule has 5 amide bonds. The van der Waals surface area contributed by atoms with E-state index in [0.29, 0.717) is 18.8 Å². The maximum atomic E-state index is 16.3. The number of hydrogen-bond acceptors (Lipinski definition) is 8. The number of nitrogens with zero attached hydrogens (tertiary/aromatic N) is 4. The van der Waals surface area contributed by atoms with Gasteiger partial charge in [-0.3, -0.25) is 39.1 Å². The number of anilines is 1. The molecule has 59 heavy (non-hydrogen) atoms. The van der Waals surface area contributed by atoms with Crippen molar-refractivity contribution in [3.8, 4) is 5.75 Å². The van der Waals surface area contributed by atoms with Crippen LogP contribution in [0.4, 0.5) is 10.1 Å². The lowest BCUT2D eigenvalue weighted by Gasteiger charge is -2.39. The number of phenolic OH excluding ortho intramolecular Hbond substituents is 1. The summed E-state index contributed by atoms with van der Waals surface area (Å²) in [5, 5.41) is 12.5. The highest BCUT2D eigenvalue weighted by molar-refractivity contribution is 6.23. The maximum absolute atomic E-state index is 16.3. The number of piperidine rings is 2. The summed E-state index contributed by atoms with van der Waals surface area (Å²) >= 11 is 0. The van der Waals surface area contributed by atoms with Crippen molar-refractivity contribution in [2.75, 3.05) is 37.6 Å². The van der Waals surface area contributed by atoms with Crippen molar-refractivity contribution < 1.29 is 33.5 Å². The zero-order valence-electron chi connectivity index (χ0n) is 32.8. The van der Waals surface area contributed by atoms with Crippen molar-refractivity contribution >= 4 is 35.2 Å². The Morgan fingerprint density at radius 1 is 0.780 bits per heavy atom. The van der Waals surface area contributed by atoms with E-state index in [1.165, 1.54) is 5.56 Å². The topological polar surface area (TPSA) is 131 Å². The zero-order valence-corrected chi connectivity index (χ0v) is 32.8. The van der Waals surface area contributed by atoms with E-state index in [-0.39, 0.29) is 65.2 Å². The first kappa shape index (κ1) is 37.4. The molecule has 12 heteroatoms. The van der Waals surface area contributed by atoms with Gasteiger partial charge >= 0.3 is 0 Å². The zero-order chi connectivity index (χ0) is 40.6. The van der Waals surface area contributed by atoms with E-state index < -0.39 is 29.7 Å². The first-order chi connectivity index (χ1) is 28.5. The van der Waals surface area contributed by atoms with Crippen LogP contribution in [0.15, 0.2) is 78.9 Å². The van der Waals surface area contributed by atoms with Crippen molar-refractivity contribution in [1.82, 2.24) is 20.0 Å². The largest absolute Gasteiger partial charge is 0.508 e. The van der Waals surface area contributed by atoms with E-state index in [1.54, 1.807) is 29.2 Å². The van der Waals surface area contributed by atoms with Crippen molar-refractivity contribution in [1.29, 1.82) is 0 Å². The van der Waals surface area contributed by atoms with Crippen LogP contribution in [0.5, 0.6) is 5.75 Å². The van der Waals surface area contributed by atoms with Crippen LogP contribution in [0.2, 0.25) is 0 Å². The number of likely N-dealkylation sites (tertiary alicyclic amines) is 1. The molecule has 3 fully saturated rings. The van der Waals surface area contributed by atoms with Gasteiger partial charge in [-0.1, -0.05) is 42.5 Å². The Kier molecular flexibility index (Phi) is 9.15. The van der Waals surface area contributed by atoms with Crippen LogP contribution in [0.25, 0.3) is 0 Å². The van der Waals surface area contributed by atoms with Gasteiger partial charge in [0.05, 0.1) is 23.4 Å². The fourth-order valence-electron chi connectivity index (χ4n) is 10.8. The summed E-state index contributed by atoms with van der Waals surface area (Å²) in [6.45, 7) is 4.04. The van der Waals surface area contributed by atoms with E-state index in [1.807, 2.05) is 24.3 Å². The van der Waals surface area contributed by atoms with Crippen LogP contribution in [-0.4, -0.2) is 88.1 Å². The average Bonchev–Trinajstić information content (AvgIpc) is 3.92. The van der Waals surface area contributed by atoms with Gasteiger partial charge in [0.25, 0.3) is 11.8 Å². The van der Waals surface area contributed by atoms with Crippen molar-refractivity contribution in [2.24, 2.45) is 5.41 Å². The number of hydrogen-bond donors (Lipinski definition) is 2. The number of benzene rings is 4. The molecule has 0 bridgehead atoms. The highest BCUT2D eigenvalue weighted by atomic mass is 19.1. The van der Waals surface area contributed by atoms with Crippen molar-refractivity contribution in [2.45, 2.75) is 75.9 Å². The number of imide groups is 2. The Morgan fingerprint density at radius 2 is 1.49 bits per heavy atom. The lowest BCUT2D eigenvalue weighted by molar-refractivity contribution is -0.136. The van der Waals surface area contributed by atoms with Crippen LogP contribution in [0.3, 0.4) is 0 Å². The van der Waals surface area contributed by atoms with Gasteiger partial charge in [-0.05, 0) is 133 Å². The van der Waals surface area contributed by atoms with Gasteiger partial charge in [-0.15, -0.1) is 0 Å². The molecule has 6 aliphatic rings. The summed E-state index contributed by atoms with van der Waals surface area (Å²) in [4.78, 5) is 71.5. The molecular formula is C47H46FN5O6. The summed E-state index contributed by atoms with van der Waals surface area (Å²) in [7, 11) is 0. The summed E-state index contributed by atoms with van der Waals surface area (Å²) in [6.07, 6.45) is 4.74. The van der Waals surface area contributed by atoms with Gasteiger partial charge < -0.3 is 14.9 Å². The molecule has 302 valence electrons. The monoisotopic (exact) mass is 795 g/mol. The van der Waals surface area contributed by atoms with Crippen LogP contribution in [0, 0.1) is 11.2 Å². The lowest BCUT2D eigenvalue weighted by atomic mass is 9.69. The second-order valence-corrected chi connectivity index (χ2v) is 17.4. The molecule has 1 spiro atoms. The Hall–Kier alpha value is -5.88. The van der Waals surface area contributed by atoms with Gasteiger partial charge in [0.15, 0.2) is 0 Å². The third kappa shape index (κ3) is 6.57. The molecule has 0 unspecified atom stereocenters. The molecule has 0 aromatic heterocycles. The minimum Gasteiger partial charge on any atom is -0.508 e. The molecule has 1 aliphatic carbocycles. The summed E-state index contributed by atoms with van der Waals surface area (Å²) in [5.74, 6) is -1.96. The number of phenols is 1. The van der Waals surface area contributed by atoms with E-state index in [4.69, 9.17) is 0 Å². The van der Waals surface area contributed by atoms with Gasteiger partial charge in [-0.25, -0.2) is 4.39 Å². The second kappa shape index (κ2) is 14.4. The number of aromatic hydroxyl groups is 1. The molecule has 5 heterocycles. The fraction of sp³-hybridized carbons (Fsp3) is 0.383. The Labute approximate surface area is 341 Å². The smallest absolute Gasteiger partial charge is 0.262 e. The molecule has 4 aromatic carbocycles. The quantitative estimate of drug-likeness (QED) is 0.241. The SMILES string of the molecule is O=C1CC[C@@H](N2C(=O)c3cc4c(cc3C2=O)CN(C(=O)CN2CCC3(CC2)CCN(c2ccc([C@@H]5c6ccc(O)cc6CC[C@@H]5c5ccccc5)cc2F)C3)C4)C(=O)N1. The molecule has 4 aromatic rings. The molecule has 3 saturated heterocycles. The fourth-order valence-corrected chi connectivity index (χ4v) is 10.8. The Morgan fingerprint density at radius 3 is 2.19 bits per heavy atom. The summed E-state index contributed by atoms with van der Waals surface area (Å²) in [5.41, 5.74) is 7.21. The molecule has 10 rings (SSSR count). The minimum absolute atomic E-state index is 0.0118. The Bertz CT molecular complexity index is 2380. The second-order valence-electron chi connectivity index (χ2n) is 17.4. The molecule has 5 aliphatic heterocycles. The molecule has 0 radical (unpaired) electrons. The highest BCUT2D eigenvalue weighted by Gasteiger charge is 2.46. The average molecular weight is 796 g/mol. The standard InChI is InChI=1S/C47H46FN5O6/c48-38-23-30(43-34(28-4-2-1-3-5-28)9-6-29-20-33(54)8-10-35(29)43)7-11-39(38)51-19-16-47(27-51)14-17-50(18-15-47)26-42(56)52-24-31-21-36-37(22-32(31)25-52)46(59)53(45(36)58)40-12-13-41(55)49-44(40)57/h1-5,7-8,10-11,20-23,34,40,43,54H,6,9,12-19,24-27H2,(H,49,55,57)/t34-,40-,43+/m1/s1. The lowest BCUT2D eigenvalue weighted by Crippen LogP contribution is -2.54. The van der Waals surface area contributed by atoms with Gasteiger partial charge in [0, 0.05) is 38.5 Å². The molecule has 2 N–H and O–H groups in total. The predicted molar refractivity (Wildman–Crippen MR) is 216 cm³/mol. The highest BCUT2D eigenvalue weighted by Crippen LogP contribution is 2.48. The number of fused-ring (bicyclic) bond motifs is 3. The number of nitrogens with one attached hydrogen (secondary N) is 1. The number of carbonyl (C=O) groups is 5. The molecular weight excluding hydrogens is 750 g/mol. The van der Waals surface area contributed by atoms with E-state index in [9.17, 15) is 29.1 Å². The van der Waals surface area contributed by atoms with Crippen molar-refractivity contribution in [3.63, 3.8) is 0 Å². The number of rotatable bonds is 6. The molecule has 0 saturated carbocycles. The summed E-state index contributed by atoms with van der Waals surface area (Å²) < 4.78 is 16.3. The number of amides is 5. The van der Waals surface area contributed by atoms with Gasteiger partial charge in [0.2, 0.25) is 17.7 Å². The summed E-state index contributed by atoms with van der Waals surface area (Å²) in [6, 6.07) is 24.2. The van der Waals surface area contributed by atoms with E-state index >= 15 is 4.39 Å². The van der Waals surface area contributed by atoms with Crippen LogP contribution in [-0.2, 0) is 33.9 Å². The van der Waals surface area contributed by atoms with Gasteiger partial charge in [0.1, 0.15) is 17.6 Å². The van der Waals surface area contributed by atoms with E-state index in [0.717, 1.165) is 91.0 Å². The molecule has 11 nitrogen and oxygen atoms in total. The van der Waals surface area contributed by atoms with Crippen LogP contribution >= 0.6 is 0 Å². The minimum atomic E-state index is -1.02. The van der Waals surface area contributed by atoms with E-state index in [2.05, 4.69) is 45.4 Å². The van der Waals surface area contributed by atoms with Gasteiger partial charge in [-0.2, -0.15) is 0 Å². The first-order valence-corrected chi connectivity index (χ1v) is 20.8. The number of carbonyl (C=O) groups excluding carboxylic acids is 5. The maximum Gasteiger partial charge on any atom is 0.262 e.